The molecule has 1 aromatic rings. The number of nitrogens with two attached hydrogens (primary N) is 1. The van der Waals surface area contributed by atoms with Gasteiger partial charge in [-0.2, -0.15) is 0 Å². The summed E-state index contributed by atoms with van der Waals surface area (Å²) < 4.78 is 38.7. The minimum absolute atomic E-state index is 0.358. The summed E-state index contributed by atoms with van der Waals surface area (Å²) in [5, 5.41) is 0. The van der Waals surface area contributed by atoms with Gasteiger partial charge in [0.15, 0.2) is 17.5 Å². The molecule has 1 aromatic carbocycles. The molecule has 0 saturated heterocycles. The van der Waals surface area contributed by atoms with Crippen LogP contribution in [0.2, 0.25) is 0 Å². The lowest BCUT2D eigenvalue weighted by molar-refractivity contribution is 0.421. The number of halogens is 3. The van der Waals surface area contributed by atoms with E-state index in [-0.39, 0.29) is 0 Å². The number of benzene rings is 1. The molecule has 0 spiro atoms. The molecule has 0 bridgehead atoms. The molecule has 0 unspecified atom stereocenters. The Labute approximate surface area is 86.1 Å². The summed E-state index contributed by atoms with van der Waals surface area (Å²) in [6.45, 7) is 0. The highest BCUT2D eigenvalue weighted by Gasteiger charge is 2.32. The molecule has 0 heterocycles. The molecule has 0 radical (unpaired) electrons. The summed E-state index contributed by atoms with van der Waals surface area (Å²) in [6, 6.07) is 2.01. The van der Waals surface area contributed by atoms with Crippen LogP contribution in [0, 0.1) is 17.5 Å². The smallest absolute Gasteiger partial charge is 0.194 e. The molecule has 15 heavy (non-hydrogen) atoms. The van der Waals surface area contributed by atoms with Crippen LogP contribution in [0.5, 0.6) is 0 Å². The summed E-state index contributed by atoms with van der Waals surface area (Å²) in [7, 11) is 0. The van der Waals surface area contributed by atoms with E-state index < -0.39 is 23.0 Å². The van der Waals surface area contributed by atoms with Gasteiger partial charge in [-0.25, -0.2) is 13.2 Å². The Kier molecular flexibility index (Phi) is 2.46. The highest BCUT2D eigenvalue weighted by Crippen LogP contribution is 2.37. The third-order valence-electron chi connectivity index (χ3n) is 3.05. The van der Waals surface area contributed by atoms with Crippen LogP contribution in [0.4, 0.5) is 13.2 Å². The average Bonchev–Trinajstić information content (AvgIpc) is 2.62. The normalized spacial score (nSPS) is 19.5. The Hall–Kier alpha value is -1.03. The Morgan fingerprint density at radius 3 is 1.93 bits per heavy atom. The maximum Gasteiger partial charge on any atom is 0.194 e. The van der Waals surface area contributed by atoms with E-state index in [4.69, 9.17) is 5.73 Å². The fourth-order valence-corrected chi connectivity index (χ4v) is 2.14. The van der Waals surface area contributed by atoms with Crippen LogP contribution in [-0.2, 0) is 5.54 Å². The molecule has 2 N–H and O–H groups in total. The van der Waals surface area contributed by atoms with E-state index in [1.165, 1.54) is 0 Å². The predicted octanol–water partition coefficient (Wildman–Crippen LogP) is 2.83. The van der Waals surface area contributed by atoms with Crippen molar-refractivity contribution in [3.8, 4) is 0 Å². The molecule has 1 fully saturated rings. The maximum atomic E-state index is 13.0. The molecule has 2 rings (SSSR count). The van der Waals surface area contributed by atoms with E-state index in [9.17, 15) is 13.2 Å². The summed E-state index contributed by atoms with van der Waals surface area (Å²) in [5.41, 5.74) is 5.69. The fourth-order valence-electron chi connectivity index (χ4n) is 2.14. The zero-order valence-corrected chi connectivity index (χ0v) is 8.19. The van der Waals surface area contributed by atoms with Crippen molar-refractivity contribution in [3.05, 3.63) is 35.1 Å². The molecule has 0 atom stereocenters. The number of hydrogen-bond acceptors (Lipinski definition) is 1. The lowest BCUT2D eigenvalue weighted by Gasteiger charge is -2.24. The Bertz CT molecular complexity index is 360. The summed E-state index contributed by atoms with van der Waals surface area (Å²) in [4.78, 5) is 0. The molecule has 4 heteroatoms. The van der Waals surface area contributed by atoms with Crippen molar-refractivity contribution in [2.24, 2.45) is 5.73 Å². The fraction of sp³-hybridized carbons (Fsp3) is 0.455. The van der Waals surface area contributed by atoms with Gasteiger partial charge in [-0.15, -0.1) is 0 Å². The third-order valence-corrected chi connectivity index (χ3v) is 3.05. The van der Waals surface area contributed by atoms with E-state index in [1.807, 2.05) is 0 Å². The summed E-state index contributed by atoms with van der Waals surface area (Å²) >= 11 is 0. The first-order valence-electron chi connectivity index (χ1n) is 4.97. The topological polar surface area (TPSA) is 26.0 Å². The van der Waals surface area contributed by atoms with Crippen LogP contribution in [0.1, 0.15) is 31.2 Å². The highest BCUT2D eigenvalue weighted by molar-refractivity contribution is 5.27. The van der Waals surface area contributed by atoms with Crippen molar-refractivity contribution < 1.29 is 13.2 Å². The quantitative estimate of drug-likeness (QED) is 0.716. The van der Waals surface area contributed by atoms with E-state index in [0.717, 1.165) is 25.0 Å². The second-order valence-corrected chi connectivity index (χ2v) is 4.12. The molecule has 1 saturated carbocycles. The average molecular weight is 215 g/mol. The first kappa shape index (κ1) is 10.5. The van der Waals surface area contributed by atoms with Crippen LogP contribution in [0.15, 0.2) is 12.1 Å². The molecular formula is C11H12F3N. The van der Waals surface area contributed by atoms with Crippen LogP contribution in [0.3, 0.4) is 0 Å². The van der Waals surface area contributed by atoms with E-state index >= 15 is 0 Å². The van der Waals surface area contributed by atoms with Gasteiger partial charge < -0.3 is 5.73 Å². The molecule has 0 aliphatic heterocycles. The summed E-state index contributed by atoms with van der Waals surface area (Å²) in [5.74, 6) is -3.76. The molecule has 1 aliphatic rings. The second kappa shape index (κ2) is 3.52. The molecular weight excluding hydrogens is 203 g/mol. The second-order valence-electron chi connectivity index (χ2n) is 4.12. The van der Waals surface area contributed by atoms with Gasteiger partial charge in [0, 0.05) is 5.54 Å². The molecule has 0 aromatic heterocycles. The predicted molar refractivity (Wildman–Crippen MR) is 50.6 cm³/mol. The minimum atomic E-state index is -1.43. The molecule has 1 nitrogen and oxygen atoms in total. The Morgan fingerprint density at radius 1 is 1.00 bits per heavy atom. The number of hydrogen-bond donors (Lipinski definition) is 1. The van der Waals surface area contributed by atoms with Crippen molar-refractivity contribution in [1.82, 2.24) is 0 Å². The van der Waals surface area contributed by atoms with Gasteiger partial charge >= 0.3 is 0 Å². The lowest BCUT2D eigenvalue weighted by Crippen LogP contribution is -2.33. The van der Waals surface area contributed by atoms with E-state index in [0.29, 0.717) is 18.4 Å². The minimum Gasteiger partial charge on any atom is -0.321 e. The van der Waals surface area contributed by atoms with Gasteiger partial charge in [-0.3, -0.25) is 0 Å². The molecule has 1 aliphatic carbocycles. The van der Waals surface area contributed by atoms with Crippen molar-refractivity contribution in [1.29, 1.82) is 0 Å². The van der Waals surface area contributed by atoms with Crippen LogP contribution < -0.4 is 5.73 Å². The van der Waals surface area contributed by atoms with Gasteiger partial charge in [0.2, 0.25) is 0 Å². The molecule has 0 amide bonds. The Morgan fingerprint density at radius 2 is 1.47 bits per heavy atom. The van der Waals surface area contributed by atoms with Gasteiger partial charge in [0.25, 0.3) is 0 Å². The zero-order valence-electron chi connectivity index (χ0n) is 8.19. The van der Waals surface area contributed by atoms with E-state index in [1.54, 1.807) is 0 Å². The zero-order chi connectivity index (χ0) is 11.1. The first-order valence-corrected chi connectivity index (χ1v) is 4.97. The van der Waals surface area contributed by atoms with Crippen molar-refractivity contribution in [2.45, 2.75) is 31.2 Å². The third kappa shape index (κ3) is 1.74. The van der Waals surface area contributed by atoms with Crippen molar-refractivity contribution in [3.63, 3.8) is 0 Å². The van der Waals surface area contributed by atoms with Gasteiger partial charge in [-0.1, -0.05) is 12.8 Å². The highest BCUT2D eigenvalue weighted by atomic mass is 19.2. The van der Waals surface area contributed by atoms with Gasteiger partial charge in [0.05, 0.1) is 0 Å². The molecule has 82 valence electrons. The largest absolute Gasteiger partial charge is 0.321 e. The van der Waals surface area contributed by atoms with Crippen LogP contribution in [0.25, 0.3) is 0 Å². The van der Waals surface area contributed by atoms with Crippen molar-refractivity contribution >= 4 is 0 Å². The van der Waals surface area contributed by atoms with Crippen LogP contribution in [-0.4, -0.2) is 0 Å². The lowest BCUT2D eigenvalue weighted by atomic mass is 9.89. The van der Waals surface area contributed by atoms with Gasteiger partial charge in [-0.05, 0) is 30.5 Å². The van der Waals surface area contributed by atoms with Crippen molar-refractivity contribution in [2.75, 3.05) is 0 Å². The van der Waals surface area contributed by atoms with Gasteiger partial charge in [0.1, 0.15) is 0 Å². The SMILES string of the molecule is NC1(c2cc(F)c(F)c(F)c2)CCCC1. The monoisotopic (exact) mass is 215 g/mol. The number of rotatable bonds is 1. The maximum absolute atomic E-state index is 13.0. The Balaban J connectivity index is 2.45. The van der Waals surface area contributed by atoms with Crippen LogP contribution >= 0.6 is 0 Å². The summed E-state index contributed by atoms with van der Waals surface area (Å²) in [6.07, 6.45) is 3.27. The van der Waals surface area contributed by atoms with E-state index in [2.05, 4.69) is 0 Å². The first-order chi connectivity index (χ1) is 7.03. The standard InChI is InChI=1S/C11H12F3N/c12-8-5-7(6-9(13)10(8)14)11(15)3-1-2-4-11/h5-6H,1-4,15H2.